The second-order valence-corrected chi connectivity index (χ2v) is 8.62. The lowest BCUT2D eigenvalue weighted by Gasteiger charge is -2.31. The average molecular weight is 432 g/mol. The zero-order valence-electron chi connectivity index (χ0n) is 17.7. The summed E-state index contributed by atoms with van der Waals surface area (Å²) >= 11 is 0. The molecular formula is C24H20N2O6. The molecule has 0 saturated heterocycles. The van der Waals surface area contributed by atoms with Gasteiger partial charge in [0.1, 0.15) is 0 Å². The Kier molecular flexibility index (Phi) is 4.81. The number of nitro benzene ring substituents is 1. The maximum Gasteiger partial charge on any atom is 0.340 e. The molecule has 4 rings (SSSR count). The number of carbonyl (C=O) groups is 3. The number of hydrogen-bond donors (Lipinski definition) is 1. The van der Waals surface area contributed by atoms with Crippen LogP contribution in [-0.4, -0.2) is 28.1 Å². The van der Waals surface area contributed by atoms with Gasteiger partial charge in [-0.1, -0.05) is 36.4 Å². The number of nitro groups is 1. The SMILES string of the molecule is CC(C)(C)NC(=O)C1(OC(=O)c2ccc([N+](=O)[O-])cc2)C(=O)c2cccc3cccc1c23. The van der Waals surface area contributed by atoms with Gasteiger partial charge in [-0.2, -0.15) is 0 Å². The van der Waals surface area contributed by atoms with Crippen LogP contribution in [0.5, 0.6) is 0 Å². The van der Waals surface area contributed by atoms with Crippen LogP contribution in [0.2, 0.25) is 0 Å². The highest BCUT2D eigenvalue weighted by molar-refractivity contribution is 6.29. The highest BCUT2D eigenvalue weighted by Gasteiger charge is 2.57. The number of non-ortho nitro benzene ring substituents is 1. The molecule has 1 unspecified atom stereocenters. The molecule has 0 radical (unpaired) electrons. The van der Waals surface area contributed by atoms with Gasteiger partial charge < -0.3 is 10.1 Å². The molecule has 0 bridgehead atoms. The number of rotatable bonds is 4. The van der Waals surface area contributed by atoms with Gasteiger partial charge in [0.2, 0.25) is 5.78 Å². The van der Waals surface area contributed by atoms with Crippen molar-refractivity contribution < 1.29 is 24.0 Å². The number of nitrogens with zero attached hydrogens (tertiary/aromatic N) is 1. The third-order valence-electron chi connectivity index (χ3n) is 5.22. The lowest BCUT2D eigenvalue weighted by Crippen LogP contribution is -2.55. The fourth-order valence-corrected chi connectivity index (χ4v) is 3.85. The van der Waals surface area contributed by atoms with Gasteiger partial charge in [-0.25, -0.2) is 4.79 Å². The van der Waals surface area contributed by atoms with Crippen LogP contribution in [0.15, 0.2) is 60.7 Å². The number of esters is 1. The standard InChI is InChI=1S/C24H20N2O6/c1-23(2,3)25-22(29)24(32-21(28)15-10-12-16(13-11-15)26(30)31)18-9-5-7-14-6-4-8-17(19(14)18)20(24)27/h4-13H,1-3H3,(H,25,29). The van der Waals surface area contributed by atoms with E-state index in [1.54, 1.807) is 45.0 Å². The molecule has 1 atom stereocenters. The lowest BCUT2D eigenvalue weighted by molar-refractivity contribution is -0.384. The monoisotopic (exact) mass is 432 g/mol. The van der Waals surface area contributed by atoms with Gasteiger partial charge in [-0.15, -0.1) is 0 Å². The average Bonchev–Trinajstić information content (AvgIpc) is 2.98. The maximum absolute atomic E-state index is 13.6. The molecule has 3 aromatic rings. The minimum Gasteiger partial charge on any atom is -0.432 e. The number of ether oxygens (including phenoxy) is 1. The van der Waals surface area contributed by atoms with E-state index in [0.717, 1.165) is 17.5 Å². The smallest absolute Gasteiger partial charge is 0.340 e. The first-order valence-electron chi connectivity index (χ1n) is 9.92. The molecule has 1 aliphatic rings. The zero-order chi connectivity index (χ0) is 23.3. The molecule has 8 heteroatoms. The molecule has 3 aromatic carbocycles. The molecule has 0 spiro atoms. The van der Waals surface area contributed by atoms with E-state index in [2.05, 4.69) is 5.32 Å². The van der Waals surface area contributed by atoms with Crippen LogP contribution < -0.4 is 5.32 Å². The first kappa shape index (κ1) is 21.2. The van der Waals surface area contributed by atoms with Gasteiger partial charge in [-0.3, -0.25) is 19.7 Å². The quantitative estimate of drug-likeness (QED) is 0.289. The zero-order valence-corrected chi connectivity index (χ0v) is 17.7. The molecule has 1 aliphatic carbocycles. The molecule has 0 fully saturated rings. The van der Waals surface area contributed by atoms with Crippen molar-refractivity contribution in [1.82, 2.24) is 5.32 Å². The molecule has 1 amide bonds. The van der Waals surface area contributed by atoms with Crippen molar-refractivity contribution in [3.8, 4) is 0 Å². The predicted molar refractivity (Wildman–Crippen MR) is 116 cm³/mol. The Hall–Kier alpha value is -4.07. The van der Waals surface area contributed by atoms with E-state index < -0.39 is 33.7 Å². The van der Waals surface area contributed by atoms with E-state index in [1.165, 1.54) is 12.1 Å². The summed E-state index contributed by atoms with van der Waals surface area (Å²) in [5.41, 5.74) is -2.56. The van der Waals surface area contributed by atoms with Crippen molar-refractivity contribution in [2.24, 2.45) is 0 Å². The van der Waals surface area contributed by atoms with Crippen LogP contribution in [0, 0.1) is 10.1 Å². The molecule has 1 N–H and O–H groups in total. The van der Waals surface area contributed by atoms with Gasteiger partial charge >= 0.3 is 5.97 Å². The number of benzene rings is 3. The summed E-state index contributed by atoms with van der Waals surface area (Å²) < 4.78 is 5.71. The highest BCUT2D eigenvalue weighted by Crippen LogP contribution is 2.44. The lowest BCUT2D eigenvalue weighted by atomic mass is 9.90. The van der Waals surface area contributed by atoms with E-state index in [-0.39, 0.29) is 16.8 Å². The Bertz CT molecular complexity index is 1280. The van der Waals surface area contributed by atoms with Gasteiger partial charge in [0.25, 0.3) is 17.2 Å². The van der Waals surface area contributed by atoms with Crippen molar-refractivity contribution in [2.75, 3.05) is 0 Å². The summed E-state index contributed by atoms with van der Waals surface area (Å²) in [5, 5.41) is 15.0. The van der Waals surface area contributed by atoms with Crippen LogP contribution in [-0.2, 0) is 15.1 Å². The maximum atomic E-state index is 13.6. The highest BCUT2D eigenvalue weighted by atomic mass is 16.6. The van der Waals surface area contributed by atoms with Gasteiger partial charge in [0, 0.05) is 34.2 Å². The second kappa shape index (κ2) is 7.26. The van der Waals surface area contributed by atoms with Crippen LogP contribution >= 0.6 is 0 Å². The molecule has 0 heterocycles. The number of Topliss-reactive ketones (excluding diaryl/α,β-unsaturated/α-hetero) is 1. The Morgan fingerprint density at radius 2 is 1.62 bits per heavy atom. The largest absolute Gasteiger partial charge is 0.432 e. The van der Waals surface area contributed by atoms with E-state index in [4.69, 9.17) is 4.74 Å². The van der Waals surface area contributed by atoms with Crippen LogP contribution in [0.1, 0.15) is 47.1 Å². The minimum atomic E-state index is -2.21. The van der Waals surface area contributed by atoms with Crippen LogP contribution in [0.4, 0.5) is 5.69 Å². The van der Waals surface area contributed by atoms with Crippen LogP contribution in [0.3, 0.4) is 0 Å². The fraction of sp³-hybridized carbons (Fsp3) is 0.208. The Morgan fingerprint density at radius 3 is 2.22 bits per heavy atom. The molecule has 32 heavy (non-hydrogen) atoms. The second-order valence-electron chi connectivity index (χ2n) is 8.62. The third kappa shape index (κ3) is 3.30. The Morgan fingerprint density at radius 1 is 1.00 bits per heavy atom. The molecule has 0 aliphatic heterocycles. The first-order valence-corrected chi connectivity index (χ1v) is 9.92. The third-order valence-corrected chi connectivity index (χ3v) is 5.22. The summed E-state index contributed by atoms with van der Waals surface area (Å²) in [4.78, 5) is 50.5. The topological polar surface area (TPSA) is 116 Å². The van der Waals surface area contributed by atoms with E-state index in [9.17, 15) is 24.5 Å². The van der Waals surface area contributed by atoms with E-state index in [0.29, 0.717) is 10.9 Å². The number of nitrogens with one attached hydrogen (secondary N) is 1. The normalized spacial score (nSPS) is 17.3. The van der Waals surface area contributed by atoms with Crippen LogP contribution in [0.25, 0.3) is 10.8 Å². The van der Waals surface area contributed by atoms with Gasteiger partial charge in [0.15, 0.2) is 0 Å². The summed E-state index contributed by atoms with van der Waals surface area (Å²) in [6, 6.07) is 15.0. The minimum absolute atomic E-state index is 0.0190. The van der Waals surface area contributed by atoms with Gasteiger partial charge in [0.05, 0.1) is 10.5 Å². The first-order chi connectivity index (χ1) is 15.0. The number of ketones is 1. The van der Waals surface area contributed by atoms with Crippen molar-refractivity contribution in [1.29, 1.82) is 0 Å². The number of hydrogen-bond acceptors (Lipinski definition) is 6. The van der Waals surface area contributed by atoms with Crippen molar-refractivity contribution in [3.63, 3.8) is 0 Å². The Labute approximate surface area is 183 Å². The van der Waals surface area contributed by atoms with Gasteiger partial charge in [-0.05, 0) is 38.3 Å². The van der Waals surface area contributed by atoms with Crippen molar-refractivity contribution in [3.05, 3.63) is 87.5 Å². The van der Waals surface area contributed by atoms with E-state index in [1.807, 2.05) is 12.1 Å². The van der Waals surface area contributed by atoms with Crippen molar-refractivity contribution in [2.45, 2.75) is 31.9 Å². The fourth-order valence-electron chi connectivity index (χ4n) is 3.85. The number of amides is 1. The van der Waals surface area contributed by atoms with E-state index >= 15 is 0 Å². The number of carbonyl (C=O) groups excluding carboxylic acids is 3. The molecule has 0 aromatic heterocycles. The summed E-state index contributed by atoms with van der Waals surface area (Å²) in [6.45, 7) is 5.26. The summed E-state index contributed by atoms with van der Waals surface area (Å²) in [6.07, 6.45) is 0. The Balaban J connectivity index is 1.85. The van der Waals surface area contributed by atoms with Crippen molar-refractivity contribution >= 4 is 34.1 Å². The summed E-state index contributed by atoms with van der Waals surface area (Å²) in [7, 11) is 0. The molecule has 162 valence electrons. The predicted octanol–water partition coefficient (Wildman–Crippen LogP) is 3.91. The molecular weight excluding hydrogens is 412 g/mol. The summed E-state index contributed by atoms with van der Waals surface area (Å²) in [5.74, 6) is -2.34. The molecule has 8 nitrogen and oxygen atoms in total. The molecule has 0 saturated carbocycles.